The Labute approximate surface area is 114 Å². The molecule has 1 unspecified atom stereocenters. The molecule has 1 aliphatic carbocycles. The molecule has 0 spiro atoms. The summed E-state index contributed by atoms with van der Waals surface area (Å²) in [7, 11) is 2.18. The smallest absolute Gasteiger partial charge is 0.134 e. The van der Waals surface area contributed by atoms with Gasteiger partial charge in [0.2, 0.25) is 0 Å². The number of fused-ring (bicyclic) bond motifs is 1. The Morgan fingerprint density at radius 2 is 2.16 bits per heavy atom. The monoisotopic (exact) mass is 258 g/mol. The van der Waals surface area contributed by atoms with Gasteiger partial charge >= 0.3 is 0 Å². The number of nitrogens with two attached hydrogens (primary N) is 1. The highest BCUT2D eigenvalue weighted by Gasteiger charge is 2.25. The molecule has 2 N–H and O–H groups in total. The molecule has 1 fully saturated rings. The third kappa shape index (κ3) is 2.40. The summed E-state index contributed by atoms with van der Waals surface area (Å²) in [6, 6.07) is 8.45. The molecule has 0 radical (unpaired) electrons. The van der Waals surface area contributed by atoms with Crippen LogP contribution in [0.4, 0.5) is 0 Å². The number of nitrogens with zero attached hydrogens (tertiary/aromatic N) is 1. The second-order valence-electron chi connectivity index (χ2n) is 5.68. The van der Waals surface area contributed by atoms with Crippen LogP contribution in [-0.2, 0) is 0 Å². The third-order valence-electron chi connectivity index (χ3n) is 4.40. The summed E-state index contributed by atoms with van der Waals surface area (Å²) in [5.74, 6) is 0.859. The molecular weight excluding hydrogens is 236 g/mol. The first kappa shape index (κ1) is 12.7. The maximum Gasteiger partial charge on any atom is 0.134 e. The predicted molar refractivity (Wildman–Crippen MR) is 78.0 cm³/mol. The number of hydrogen-bond acceptors (Lipinski definition) is 3. The minimum Gasteiger partial charge on any atom is -0.464 e. The normalized spacial score (nSPS) is 17.8. The summed E-state index contributed by atoms with van der Waals surface area (Å²) in [5, 5.41) is 1.19. The van der Waals surface area contributed by atoms with E-state index in [1.54, 1.807) is 0 Å². The quantitative estimate of drug-likeness (QED) is 0.895. The lowest BCUT2D eigenvalue weighted by Gasteiger charge is -2.34. The van der Waals surface area contributed by atoms with Crippen LogP contribution in [0.3, 0.4) is 0 Å². The molecule has 1 heterocycles. The van der Waals surface area contributed by atoms with Crippen molar-refractivity contribution in [3.8, 4) is 0 Å². The van der Waals surface area contributed by atoms with E-state index in [1.807, 2.05) is 18.4 Å². The van der Waals surface area contributed by atoms with Crippen LogP contribution in [-0.4, -0.2) is 25.0 Å². The molecule has 3 heteroatoms. The van der Waals surface area contributed by atoms with E-state index < -0.39 is 0 Å². The SMILES string of the molecule is CN(CC1CCC1)C(CN)c1coc2ccccc12. The molecular formula is C16H22N2O. The number of rotatable bonds is 5. The van der Waals surface area contributed by atoms with E-state index in [0.717, 1.165) is 18.0 Å². The summed E-state index contributed by atoms with van der Waals surface area (Å²) >= 11 is 0. The van der Waals surface area contributed by atoms with Crippen LogP contribution < -0.4 is 5.73 Å². The van der Waals surface area contributed by atoms with Gasteiger partial charge in [-0.05, 0) is 31.9 Å². The van der Waals surface area contributed by atoms with Crippen LogP contribution in [0.15, 0.2) is 34.9 Å². The van der Waals surface area contributed by atoms with Crippen molar-refractivity contribution < 1.29 is 4.42 Å². The third-order valence-corrected chi connectivity index (χ3v) is 4.40. The zero-order valence-electron chi connectivity index (χ0n) is 11.5. The van der Waals surface area contributed by atoms with E-state index in [-0.39, 0.29) is 6.04 Å². The first-order chi connectivity index (χ1) is 9.29. The van der Waals surface area contributed by atoms with Crippen molar-refractivity contribution in [3.63, 3.8) is 0 Å². The Bertz CT molecular complexity index is 544. The number of likely N-dealkylation sites (N-methyl/N-ethyl adjacent to an activating group) is 1. The van der Waals surface area contributed by atoms with Gasteiger partial charge in [0, 0.05) is 24.0 Å². The van der Waals surface area contributed by atoms with Crippen molar-refractivity contribution in [2.75, 3.05) is 20.1 Å². The van der Waals surface area contributed by atoms with Crippen molar-refractivity contribution in [2.24, 2.45) is 11.7 Å². The van der Waals surface area contributed by atoms with E-state index in [0.29, 0.717) is 6.54 Å². The first-order valence-corrected chi connectivity index (χ1v) is 7.16. The van der Waals surface area contributed by atoms with E-state index in [4.69, 9.17) is 10.2 Å². The zero-order valence-corrected chi connectivity index (χ0v) is 11.5. The van der Waals surface area contributed by atoms with Crippen molar-refractivity contribution in [2.45, 2.75) is 25.3 Å². The Kier molecular flexibility index (Phi) is 3.58. The largest absolute Gasteiger partial charge is 0.464 e. The summed E-state index contributed by atoms with van der Waals surface area (Å²) < 4.78 is 5.65. The van der Waals surface area contributed by atoms with Crippen molar-refractivity contribution in [3.05, 3.63) is 36.1 Å². The maximum absolute atomic E-state index is 6.01. The minimum absolute atomic E-state index is 0.254. The summed E-state index contributed by atoms with van der Waals surface area (Å²) in [6.07, 6.45) is 6.00. The standard InChI is InChI=1S/C16H22N2O/c1-18(10-12-5-4-6-12)15(9-17)14-11-19-16-8-3-2-7-13(14)16/h2-3,7-8,11-12,15H,4-6,9-10,17H2,1H3. The molecule has 0 saturated heterocycles. The highest BCUT2D eigenvalue weighted by atomic mass is 16.3. The molecule has 1 aliphatic rings. The average Bonchev–Trinajstić information content (AvgIpc) is 2.79. The second kappa shape index (κ2) is 5.35. The van der Waals surface area contributed by atoms with Gasteiger partial charge < -0.3 is 10.2 Å². The number of furan rings is 1. The van der Waals surface area contributed by atoms with Crippen LogP contribution in [0.25, 0.3) is 11.0 Å². The van der Waals surface area contributed by atoms with E-state index >= 15 is 0 Å². The lowest BCUT2D eigenvalue weighted by molar-refractivity contribution is 0.165. The summed E-state index contributed by atoms with van der Waals surface area (Å²) in [6.45, 7) is 1.77. The average molecular weight is 258 g/mol. The van der Waals surface area contributed by atoms with Crippen LogP contribution in [0, 0.1) is 5.92 Å². The molecule has 3 rings (SSSR count). The van der Waals surface area contributed by atoms with Gasteiger partial charge in [0.15, 0.2) is 0 Å². The Morgan fingerprint density at radius 3 is 2.84 bits per heavy atom. The van der Waals surface area contributed by atoms with Crippen molar-refractivity contribution >= 4 is 11.0 Å². The molecule has 102 valence electrons. The van der Waals surface area contributed by atoms with Gasteiger partial charge in [-0.15, -0.1) is 0 Å². The van der Waals surface area contributed by atoms with Gasteiger partial charge in [0.25, 0.3) is 0 Å². The minimum atomic E-state index is 0.254. The van der Waals surface area contributed by atoms with Gasteiger partial charge in [-0.1, -0.05) is 24.6 Å². The second-order valence-corrected chi connectivity index (χ2v) is 5.68. The van der Waals surface area contributed by atoms with Crippen LogP contribution in [0.1, 0.15) is 30.9 Å². The molecule has 1 aromatic heterocycles. The topological polar surface area (TPSA) is 42.4 Å². The Balaban J connectivity index is 1.84. The fourth-order valence-electron chi connectivity index (χ4n) is 3.01. The van der Waals surface area contributed by atoms with E-state index in [2.05, 4.69) is 24.1 Å². The van der Waals surface area contributed by atoms with Gasteiger partial charge in [0.1, 0.15) is 5.58 Å². The lowest BCUT2D eigenvalue weighted by Crippen LogP contribution is -2.36. The molecule has 2 aromatic rings. The highest BCUT2D eigenvalue weighted by Crippen LogP contribution is 2.32. The molecule has 1 saturated carbocycles. The van der Waals surface area contributed by atoms with Crippen molar-refractivity contribution in [1.29, 1.82) is 0 Å². The van der Waals surface area contributed by atoms with Gasteiger partial charge in [-0.2, -0.15) is 0 Å². The van der Waals surface area contributed by atoms with E-state index in [1.165, 1.54) is 30.2 Å². The van der Waals surface area contributed by atoms with Gasteiger partial charge in [0.05, 0.1) is 12.3 Å². The van der Waals surface area contributed by atoms with Gasteiger partial charge in [-0.3, -0.25) is 4.90 Å². The molecule has 19 heavy (non-hydrogen) atoms. The number of para-hydroxylation sites is 1. The molecule has 1 aromatic carbocycles. The van der Waals surface area contributed by atoms with E-state index in [9.17, 15) is 0 Å². The maximum atomic E-state index is 6.01. The Hall–Kier alpha value is -1.32. The molecule has 0 bridgehead atoms. The van der Waals surface area contributed by atoms with Crippen LogP contribution in [0.2, 0.25) is 0 Å². The highest BCUT2D eigenvalue weighted by molar-refractivity contribution is 5.81. The lowest BCUT2D eigenvalue weighted by atomic mass is 9.85. The first-order valence-electron chi connectivity index (χ1n) is 7.16. The van der Waals surface area contributed by atoms with Gasteiger partial charge in [-0.25, -0.2) is 0 Å². The molecule has 1 atom stereocenters. The van der Waals surface area contributed by atoms with Crippen LogP contribution in [0.5, 0.6) is 0 Å². The summed E-state index contributed by atoms with van der Waals surface area (Å²) in [4.78, 5) is 2.39. The fourth-order valence-corrected chi connectivity index (χ4v) is 3.01. The number of benzene rings is 1. The molecule has 0 amide bonds. The number of hydrogen-bond donors (Lipinski definition) is 1. The predicted octanol–water partition coefficient (Wildman–Crippen LogP) is 3.16. The Morgan fingerprint density at radius 1 is 1.37 bits per heavy atom. The zero-order chi connectivity index (χ0) is 13.2. The fraction of sp³-hybridized carbons (Fsp3) is 0.500. The molecule has 3 nitrogen and oxygen atoms in total. The van der Waals surface area contributed by atoms with Crippen molar-refractivity contribution in [1.82, 2.24) is 4.90 Å². The summed E-state index contributed by atoms with van der Waals surface area (Å²) in [5.41, 5.74) is 8.18. The molecule has 0 aliphatic heterocycles. The van der Waals surface area contributed by atoms with Crippen LogP contribution >= 0.6 is 0 Å².